The highest BCUT2D eigenvalue weighted by Crippen LogP contribution is 2.19. The first-order valence-electron chi connectivity index (χ1n) is 9.04. The summed E-state index contributed by atoms with van der Waals surface area (Å²) in [6.45, 7) is 13.7. The minimum absolute atomic E-state index is 0. The maximum Gasteiger partial charge on any atom is 0.308 e. The zero-order valence-electron chi connectivity index (χ0n) is 17.6. The van der Waals surface area contributed by atoms with Crippen LogP contribution in [0.15, 0.2) is 0 Å². The summed E-state index contributed by atoms with van der Waals surface area (Å²) in [5.74, 6) is -0.418. The fourth-order valence-electron chi connectivity index (χ4n) is 1.49. The molecule has 7 nitrogen and oxygen atoms in total. The molecule has 0 aromatic heterocycles. The monoisotopic (exact) mass is 537 g/mol. The first kappa shape index (κ1) is 32.6. The van der Waals surface area contributed by atoms with Crippen LogP contribution in [-0.2, 0) is 28.5 Å². The lowest BCUT2D eigenvalue weighted by Crippen LogP contribution is -2.24. The van der Waals surface area contributed by atoms with Gasteiger partial charge in [-0.05, 0) is 47.7 Å². The summed E-state index contributed by atoms with van der Waals surface area (Å²) in [5.41, 5.74) is 4.41. The normalized spacial score (nSPS) is 11.4. The average molecular weight is 537 g/mol. The van der Waals surface area contributed by atoms with Crippen LogP contribution in [0, 0.1) is 0 Å². The summed E-state index contributed by atoms with van der Waals surface area (Å²) in [4.78, 5) is 22.3. The van der Waals surface area contributed by atoms with Crippen LogP contribution in [0.1, 0.15) is 61.8 Å². The third-order valence-corrected chi connectivity index (χ3v) is 4.36. The lowest BCUT2D eigenvalue weighted by molar-refractivity contribution is -0.157. The number of nitrogens with two attached hydrogens (primary N) is 1. The largest absolute Gasteiger partial charge is 0.460 e. The second-order valence-electron chi connectivity index (χ2n) is 7.57. The van der Waals surface area contributed by atoms with Crippen molar-refractivity contribution in [3.63, 3.8) is 0 Å². The fraction of sp³-hybridized carbons (Fsp3) is 0.895. The van der Waals surface area contributed by atoms with E-state index >= 15 is 0 Å². The highest BCUT2D eigenvalue weighted by Gasteiger charge is 2.16. The van der Waals surface area contributed by atoms with Crippen molar-refractivity contribution >= 4 is 40.2 Å². The number of hydrogen-bond acceptors (Lipinski definition) is 7. The molecule has 0 heterocycles. The van der Waals surface area contributed by atoms with Crippen molar-refractivity contribution in [1.82, 2.24) is 0 Å². The second kappa shape index (κ2) is 19.0. The lowest BCUT2D eigenvalue weighted by atomic mass is 10.2. The van der Waals surface area contributed by atoms with E-state index in [9.17, 15) is 9.59 Å². The molecule has 0 saturated heterocycles. The maximum absolute atomic E-state index is 11.2. The topological polar surface area (TPSA) is 97.1 Å². The SMILES string of the molecule is C.CC(C)(C)OC(=O)CCOCCN.CC(C)(C)OC(=O)CCOCCPI. The number of rotatable bonds is 11. The molecule has 0 rings (SSSR count). The van der Waals surface area contributed by atoms with E-state index in [0.29, 0.717) is 32.8 Å². The summed E-state index contributed by atoms with van der Waals surface area (Å²) in [6, 6.07) is 0. The van der Waals surface area contributed by atoms with E-state index in [1.165, 1.54) is 0 Å². The number of ether oxygens (including phenoxy) is 4. The smallest absolute Gasteiger partial charge is 0.308 e. The molecule has 0 saturated carbocycles. The van der Waals surface area contributed by atoms with Gasteiger partial charge >= 0.3 is 11.9 Å². The van der Waals surface area contributed by atoms with Gasteiger partial charge in [0.15, 0.2) is 0 Å². The summed E-state index contributed by atoms with van der Waals surface area (Å²) >= 11 is 2.33. The first-order chi connectivity index (χ1) is 12.4. The molecule has 0 bridgehead atoms. The van der Waals surface area contributed by atoms with Crippen molar-refractivity contribution < 1.29 is 28.5 Å². The Kier molecular flexibility index (Phi) is 22.1. The second-order valence-corrected chi connectivity index (χ2v) is 10.6. The maximum atomic E-state index is 11.2. The molecule has 0 amide bonds. The quantitative estimate of drug-likeness (QED) is 0.184. The van der Waals surface area contributed by atoms with Crippen LogP contribution in [0.3, 0.4) is 0 Å². The molecule has 1 unspecified atom stereocenters. The van der Waals surface area contributed by atoms with E-state index in [1.54, 1.807) is 0 Å². The molecule has 0 aliphatic rings. The number of esters is 2. The zero-order valence-corrected chi connectivity index (χ0v) is 20.7. The highest BCUT2D eigenvalue weighted by molar-refractivity contribution is 14.2. The summed E-state index contributed by atoms with van der Waals surface area (Å²) in [6.07, 6.45) is 2.59. The van der Waals surface area contributed by atoms with Crippen LogP contribution in [0.25, 0.3) is 0 Å². The van der Waals surface area contributed by atoms with Gasteiger partial charge in [0.25, 0.3) is 0 Å². The van der Waals surface area contributed by atoms with Gasteiger partial charge < -0.3 is 24.7 Å². The minimum Gasteiger partial charge on any atom is -0.460 e. The van der Waals surface area contributed by atoms with Gasteiger partial charge in [-0.1, -0.05) is 35.7 Å². The molecule has 28 heavy (non-hydrogen) atoms. The number of carbonyl (C=O) groups excluding carboxylic acids is 2. The van der Waals surface area contributed by atoms with Crippen molar-refractivity contribution in [3.8, 4) is 0 Å². The Morgan fingerprint density at radius 3 is 1.54 bits per heavy atom. The molecular weight excluding hydrogens is 496 g/mol. The van der Waals surface area contributed by atoms with Gasteiger partial charge in [0.2, 0.25) is 0 Å². The fourth-order valence-corrected chi connectivity index (χ4v) is 2.38. The van der Waals surface area contributed by atoms with Crippen molar-refractivity contribution in [3.05, 3.63) is 0 Å². The van der Waals surface area contributed by atoms with Crippen LogP contribution in [-0.4, -0.2) is 62.3 Å². The van der Waals surface area contributed by atoms with E-state index in [2.05, 4.69) is 22.0 Å². The van der Waals surface area contributed by atoms with Crippen molar-refractivity contribution in [2.24, 2.45) is 5.73 Å². The number of hydrogen-bond donors (Lipinski definition) is 1. The van der Waals surface area contributed by atoms with Crippen LogP contribution < -0.4 is 5.73 Å². The molecule has 0 aromatic rings. The molecule has 0 spiro atoms. The summed E-state index contributed by atoms with van der Waals surface area (Å²) < 4.78 is 20.5. The van der Waals surface area contributed by atoms with Crippen LogP contribution >= 0.6 is 28.3 Å². The third-order valence-electron chi connectivity index (χ3n) is 2.34. The first-order valence-corrected chi connectivity index (χ1v) is 13.4. The van der Waals surface area contributed by atoms with E-state index in [4.69, 9.17) is 24.7 Å². The van der Waals surface area contributed by atoms with Crippen LogP contribution in [0.4, 0.5) is 0 Å². The molecule has 0 aromatic carbocycles. The van der Waals surface area contributed by atoms with Gasteiger partial charge in [0.05, 0.1) is 39.3 Å². The molecule has 0 fully saturated rings. The van der Waals surface area contributed by atoms with E-state index < -0.39 is 5.60 Å². The van der Waals surface area contributed by atoms with Gasteiger partial charge in [-0.3, -0.25) is 9.59 Å². The number of halogens is 1. The average Bonchev–Trinajstić information content (AvgIpc) is 2.48. The van der Waals surface area contributed by atoms with Gasteiger partial charge in [0, 0.05) is 6.54 Å². The van der Waals surface area contributed by atoms with Gasteiger partial charge in [-0.15, -0.1) is 0 Å². The third kappa shape index (κ3) is 30.7. The Hall–Kier alpha value is -0.0200. The van der Waals surface area contributed by atoms with Crippen LogP contribution in [0.2, 0.25) is 0 Å². The zero-order chi connectivity index (χ0) is 21.3. The summed E-state index contributed by atoms with van der Waals surface area (Å²) in [7, 11) is 0. The molecule has 2 N–H and O–H groups in total. The predicted octanol–water partition coefficient (Wildman–Crippen LogP) is 4.09. The molecule has 9 heteroatoms. The Morgan fingerprint density at radius 2 is 1.21 bits per heavy atom. The van der Waals surface area contributed by atoms with Gasteiger partial charge in [-0.2, -0.15) is 0 Å². The van der Waals surface area contributed by atoms with Crippen molar-refractivity contribution in [1.29, 1.82) is 0 Å². The Labute approximate surface area is 186 Å². The van der Waals surface area contributed by atoms with E-state index in [-0.39, 0.29) is 31.4 Å². The Balaban J connectivity index is -0.000000432. The number of carbonyl (C=O) groups is 2. The predicted molar refractivity (Wildman–Crippen MR) is 126 cm³/mol. The minimum atomic E-state index is -0.412. The standard InChI is InChI=1S/C9H18IO3P.C9H19NO3.CH4/c1-9(2,3)13-8(11)4-5-12-6-7-14-10;1-9(2,3)13-8(11)4-6-12-7-5-10;/h14H,4-7H2,1-3H3;4-7,10H2,1-3H3;1H4. The molecule has 0 aliphatic heterocycles. The van der Waals surface area contributed by atoms with E-state index in [0.717, 1.165) is 19.0 Å². The Bertz CT molecular complexity index is 397. The molecule has 0 radical (unpaired) electrons. The van der Waals surface area contributed by atoms with E-state index in [1.807, 2.05) is 41.5 Å². The molecule has 170 valence electrons. The van der Waals surface area contributed by atoms with Gasteiger partial charge in [-0.25, -0.2) is 0 Å². The van der Waals surface area contributed by atoms with Crippen LogP contribution in [0.5, 0.6) is 0 Å². The lowest BCUT2D eigenvalue weighted by Gasteiger charge is -2.19. The Morgan fingerprint density at radius 1 is 0.821 bits per heavy atom. The molecule has 1 atom stereocenters. The summed E-state index contributed by atoms with van der Waals surface area (Å²) in [5, 5.41) is 0. The van der Waals surface area contributed by atoms with Gasteiger partial charge in [0.1, 0.15) is 11.2 Å². The molecular formula is C19H41INO6P. The van der Waals surface area contributed by atoms with Crippen molar-refractivity contribution in [2.75, 3.05) is 39.1 Å². The molecule has 0 aliphatic carbocycles. The van der Waals surface area contributed by atoms with Crippen molar-refractivity contribution in [2.45, 2.75) is 73.0 Å². The highest BCUT2D eigenvalue weighted by atomic mass is 127.